The number of aliphatic hydroxyl groups is 1. The van der Waals surface area contributed by atoms with E-state index in [9.17, 15) is 9.90 Å². The van der Waals surface area contributed by atoms with E-state index in [-0.39, 0.29) is 12.1 Å². The molecule has 2 aromatic carbocycles. The number of anilines is 2. The second kappa shape index (κ2) is 17.9. The van der Waals surface area contributed by atoms with Crippen LogP contribution in [0.2, 0.25) is 0 Å². The highest BCUT2D eigenvalue weighted by Crippen LogP contribution is 2.31. The average Bonchev–Trinajstić information content (AvgIpc) is 3.61. The van der Waals surface area contributed by atoms with Gasteiger partial charge in [-0.1, -0.05) is 37.6 Å². The number of pyridine rings is 1. The Balaban J connectivity index is 1.28. The second-order valence-electron chi connectivity index (χ2n) is 15.1. The van der Waals surface area contributed by atoms with Crippen LogP contribution in [0.1, 0.15) is 87.4 Å². The van der Waals surface area contributed by atoms with Crippen molar-refractivity contribution in [3.05, 3.63) is 94.9 Å². The lowest BCUT2D eigenvalue weighted by Gasteiger charge is -2.34. The number of ether oxygens (including phenoxy) is 4. The molecule has 14 nitrogen and oxygen atoms in total. The third kappa shape index (κ3) is 9.96. The van der Waals surface area contributed by atoms with Crippen LogP contribution in [-0.2, 0) is 17.8 Å². The van der Waals surface area contributed by atoms with Gasteiger partial charge in [-0.15, -0.1) is 5.10 Å². The predicted octanol–water partition coefficient (Wildman–Crippen LogP) is 6.81. The van der Waals surface area contributed by atoms with Crippen LogP contribution < -0.4 is 29.3 Å². The van der Waals surface area contributed by atoms with Crippen LogP contribution in [-0.4, -0.2) is 81.3 Å². The molecule has 1 saturated heterocycles. The Morgan fingerprint density at radius 2 is 1.59 bits per heavy atom. The van der Waals surface area contributed by atoms with Gasteiger partial charge in [-0.05, 0) is 94.0 Å². The van der Waals surface area contributed by atoms with E-state index in [0.717, 1.165) is 72.8 Å². The molecule has 1 aliphatic heterocycles. The van der Waals surface area contributed by atoms with Crippen LogP contribution in [0.15, 0.2) is 67.0 Å². The molecule has 1 fully saturated rings. The number of nitrogens with one attached hydrogen (secondary N) is 1. The Bertz CT molecular complexity index is 2010. The Labute approximate surface area is 328 Å². The molecule has 2 N–H and O–H groups in total. The molecule has 1 unspecified atom stereocenters. The molecule has 56 heavy (non-hydrogen) atoms. The summed E-state index contributed by atoms with van der Waals surface area (Å²) in [5.74, 6) is 2.95. The van der Waals surface area contributed by atoms with Crippen LogP contribution in [0.4, 0.5) is 16.4 Å². The number of carbonyl (C=O) groups excluding carboxylic acids is 1. The zero-order valence-corrected chi connectivity index (χ0v) is 33.5. The summed E-state index contributed by atoms with van der Waals surface area (Å²) >= 11 is 0. The molecule has 0 spiro atoms. The fourth-order valence-electron chi connectivity index (χ4n) is 6.69. The monoisotopic (exact) mass is 766 g/mol. The number of alkyl carbamates (subject to hydrolysis) is 1. The number of unbranched alkanes of at least 4 members (excludes halogenated alkanes) is 1. The molecule has 0 saturated carbocycles. The van der Waals surface area contributed by atoms with Crippen LogP contribution in [0.5, 0.6) is 17.5 Å². The maximum absolute atomic E-state index is 12.3. The van der Waals surface area contributed by atoms with Gasteiger partial charge in [0.05, 0.1) is 32.7 Å². The fraction of sp³-hybridized carbons (Fsp3) is 0.452. The maximum atomic E-state index is 12.3. The van der Waals surface area contributed by atoms with Gasteiger partial charge < -0.3 is 39.2 Å². The van der Waals surface area contributed by atoms with Gasteiger partial charge in [0.15, 0.2) is 11.5 Å². The number of benzene rings is 2. The van der Waals surface area contributed by atoms with E-state index in [1.807, 2.05) is 82.3 Å². The fourth-order valence-corrected chi connectivity index (χ4v) is 6.69. The smallest absolute Gasteiger partial charge is 0.407 e. The van der Waals surface area contributed by atoms with E-state index in [0.29, 0.717) is 42.4 Å². The van der Waals surface area contributed by atoms with Gasteiger partial charge in [-0.25, -0.2) is 19.3 Å². The minimum atomic E-state index is -1.09. The Morgan fingerprint density at radius 3 is 2.14 bits per heavy atom. The number of aromatic nitrogens is 5. The number of hydrogen-bond acceptors (Lipinski definition) is 12. The summed E-state index contributed by atoms with van der Waals surface area (Å²) in [6, 6.07) is 18.0. The number of aryl methyl sites for hydroxylation is 1. The van der Waals surface area contributed by atoms with Crippen LogP contribution in [0.25, 0.3) is 5.65 Å². The van der Waals surface area contributed by atoms with Gasteiger partial charge in [0, 0.05) is 44.0 Å². The van der Waals surface area contributed by atoms with Crippen molar-refractivity contribution in [1.29, 1.82) is 0 Å². The molecule has 1 aliphatic rings. The number of piperidine rings is 1. The van der Waals surface area contributed by atoms with Crippen molar-refractivity contribution in [3.63, 3.8) is 0 Å². The number of imidazole rings is 1. The lowest BCUT2D eigenvalue weighted by Crippen LogP contribution is -2.46. The molecule has 0 radical (unpaired) electrons. The molecule has 0 aliphatic carbocycles. The molecule has 14 heteroatoms. The molecule has 6 rings (SSSR count). The van der Waals surface area contributed by atoms with Gasteiger partial charge in [0.1, 0.15) is 29.0 Å². The molecular formula is C42H54N8O6. The summed E-state index contributed by atoms with van der Waals surface area (Å²) in [5.41, 5.74) is 4.02. The highest BCUT2D eigenvalue weighted by atomic mass is 16.6. The molecule has 5 aromatic rings. The SMILES string of the molecule is CCCCOc1nc(N(Cc2ccc(OC)cc2)Cc2ccc(OC)cc2)c2ncc(C(O)c3cnc(N4CCC(NC(=O)OC(C)(C)C)CC4)c(C)c3)n2n1. The topological polar surface area (TPSA) is 149 Å². The Kier molecular flexibility index (Phi) is 12.8. The average molecular weight is 767 g/mol. The Hall–Kier alpha value is -5.63. The summed E-state index contributed by atoms with van der Waals surface area (Å²) in [7, 11) is 3.30. The maximum Gasteiger partial charge on any atom is 0.407 e. The van der Waals surface area contributed by atoms with Crippen molar-refractivity contribution < 1.29 is 28.8 Å². The number of nitrogens with zero attached hydrogens (tertiary/aromatic N) is 7. The van der Waals surface area contributed by atoms with E-state index < -0.39 is 17.8 Å². The summed E-state index contributed by atoms with van der Waals surface area (Å²) in [6.45, 7) is 12.6. The molecule has 1 amide bonds. The summed E-state index contributed by atoms with van der Waals surface area (Å²) in [5, 5.41) is 19.6. The lowest BCUT2D eigenvalue weighted by atomic mass is 10.0. The largest absolute Gasteiger partial charge is 0.497 e. The molecule has 298 valence electrons. The molecular weight excluding hydrogens is 713 g/mol. The molecule has 1 atom stereocenters. The summed E-state index contributed by atoms with van der Waals surface area (Å²) < 4.78 is 24.0. The van der Waals surface area contributed by atoms with Crippen molar-refractivity contribution in [1.82, 2.24) is 29.9 Å². The van der Waals surface area contributed by atoms with E-state index in [1.165, 1.54) is 0 Å². The number of carbonyl (C=O) groups is 1. The van der Waals surface area contributed by atoms with Gasteiger partial charge in [0.2, 0.25) is 0 Å². The summed E-state index contributed by atoms with van der Waals surface area (Å²) in [6.07, 6.45) is 5.20. The molecule has 0 bridgehead atoms. The van der Waals surface area contributed by atoms with Crippen LogP contribution in [0.3, 0.4) is 0 Å². The lowest BCUT2D eigenvalue weighted by molar-refractivity contribution is 0.0497. The minimum absolute atomic E-state index is 0.0312. The highest BCUT2D eigenvalue weighted by Gasteiger charge is 2.27. The van der Waals surface area contributed by atoms with E-state index >= 15 is 0 Å². The first-order valence-corrected chi connectivity index (χ1v) is 19.2. The number of amides is 1. The number of rotatable bonds is 15. The zero-order chi connectivity index (χ0) is 39.8. The molecule has 4 heterocycles. The van der Waals surface area contributed by atoms with Crippen molar-refractivity contribution in [2.75, 3.05) is 43.7 Å². The van der Waals surface area contributed by atoms with Crippen molar-refractivity contribution in [2.45, 2.75) is 91.1 Å². The first kappa shape index (κ1) is 40.0. The van der Waals surface area contributed by atoms with E-state index in [1.54, 1.807) is 31.1 Å². The third-order valence-electron chi connectivity index (χ3n) is 9.63. The normalized spacial score (nSPS) is 14.0. The third-order valence-corrected chi connectivity index (χ3v) is 9.63. The number of methoxy groups -OCH3 is 2. The number of hydrogen-bond donors (Lipinski definition) is 2. The van der Waals surface area contributed by atoms with Crippen LogP contribution in [0, 0.1) is 6.92 Å². The van der Waals surface area contributed by atoms with E-state index in [4.69, 9.17) is 39.0 Å². The van der Waals surface area contributed by atoms with Crippen LogP contribution >= 0.6 is 0 Å². The quantitative estimate of drug-likeness (QED) is 0.108. The zero-order valence-electron chi connectivity index (χ0n) is 33.5. The number of fused-ring (bicyclic) bond motifs is 1. The van der Waals surface area contributed by atoms with Crippen molar-refractivity contribution >= 4 is 23.4 Å². The first-order chi connectivity index (χ1) is 26.9. The minimum Gasteiger partial charge on any atom is -0.497 e. The van der Waals surface area contributed by atoms with Crippen molar-refractivity contribution in [2.24, 2.45) is 0 Å². The Morgan fingerprint density at radius 1 is 0.964 bits per heavy atom. The first-order valence-electron chi connectivity index (χ1n) is 19.2. The van der Waals surface area contributed by atoms with Crippen molar-refractivity contribution in [3.8, 4) is 17.5 Å². The van der Waals surface area contributed by atoms with E-state index in [2.05, 4.69) is 22.0 Å². The van der Waals surface area contributed by atoms with Gasteiger partial charge >= 0.3 is 12.1 Å². The van der Waals surface area contributed by atoms with Gasteiger partial charge in [-0.3, -0.25) is 0 Å². The second-order valence-corrected chi connectivity index (χ2v) is 15.1. The highest BCUT2D eigenvalue weighted by molar-refractivity contribution is 5.68. The number of aliphatic hydroxyl groups excluding tert-OH is 1. The molecule has 3 aromatic heterocycles. The van der Waals surface area contributed by atoms with Gasteiger partial charge in [0.25, 0.3) is 0 Å². The standard InChI is InChI=1S/C42H54N8O6/c1-8-9-22-55-40-46-39(49(26-29-10-14-33(53-6)15-11-29)27-30-12-16-34(54-7)17-13-30)38-44-25-35(50(38)47-40)36(51)31-23-28(2)37(43-24-31)48-20-18-32(19-21-48)45-41(52)56-42(3,4)5/h10-17,23-25,32,36,51H,8-9,18-22,26-27H2,1-7H3,(H,45,52). The van der Waals surface area contributed by atoms with Gasteiger partial charge in [-0.2, -0.15) is 4.98 Å². The predicted molar refractivity (Wildman–Crippen MR) is 215 cm³/mol. The summed E-state index contributed by atoms with van der Waals surface area (Å²) in [4.78, 5) is 31.2.